The first kappa shape index (κ1) is 15.7. The molecule has 0 aromatic carbocycles. The third kappa shape index (κ3) is 4.67. The highest BCUT2D eigenvalue weighted by Crippen LogP contribution is 2.19. The van der Waals surface area contributed by atoms with Gasteiger partial charge in [0, 0.05) is 19.6 Å². The fraction of sp³-hybridized carbons (Fsp3) is 0.800. The number of hydrogen-bond donors (Lipinski definition) is 3. The van der Waals surface area contributed by atoms with Gasteiger partial charge in [0.05, 0.1) is 6.54 Å². The normalized spacial score (nSPS) is 23.7. The molecule has 1 saturated heterocycles. The lowest BCUT2D eigenvalue weighted by Gasteiger charge is -2.30. The maximum Gasteiger partial charge on any atom is 0.401 e. The van der Waals surface area contributed by atoms with Crippen molar-refractivity contribution in [2.45, 2.75) is 18.6 Å². The molecule has 9 heteroatoms. The monoisotopic (exact) mass is 282 g/mol. The van der Waals surface area contributed by atoms with Gasteiger partial charge in [-0.3, -0.25) is 15.0 Å². The van der Waals surface area contributed by atoms with E-state index in [-0.39, 0.29) is 13.1 Å². The molecule has 0 bridgehead atoms. The van der Waals surface area contributed by atoms with Crippen molar-refractivity contribution in [3.8, 4) is 0 Å². The summed E-state index contributed by atoms with van der Waals surface area (Å²) in [6, 6.07) is -0.687. The molecular weight excluding hydrogens is 265 g/mol. The van der Waals surface area contributed by atoms with Gasteiger partial charge in [0.25, 0.3) is 5.91 Å². The molecule has 0 saturated carbocycles. The Morgan fingerprint density at radius 3 is 2.42 bits per heavy atom. The van der Waals surface area contributed by atoms with Crippen molar-refractivity contribution < 1.29 is 22.8 Å². The molecule has 3 amide bonds. The molecule has 0 aromatic rings. The average Bonchev–Trinajstić information content (AvgIpc) is 2.46. The van der Waals surface area contributed by atoms with Crippen LogP contribution in [0.15, 0.2) is 0 Å². The van der Waals surface area contributed by atoms with Crippen molar-refractivity contribution in [1.29, 1.82) is 0 Å². The van der Waals surface area contributed by atoms with E-state index in [1.165, 1.54) is 6.92 Å². The summed E-state index contributed by atoms with van der Waals surface area (Å²) in [6.45, 7) is 0.533. The molecule has 1 aliphatic rings. The average molecular weight is 282 g/mol. The van der Waals surface area contributed by atoms with Crippen molar-refractivity contribution in [3.05, 3.63) is 0 Å². The Morgan fingerprint density at radius 1 is 1.37 bits per heavy atom. The summed E-state index contributed by atoms with van der Waals surface area (Å²) in [6.07, 6.45) is -4.36. The Hall–Kier alpha value is -1.35. The third-order valence-corrected chi connectivity index (χ3v) is 2.74. The molecule has 1 aliphatic heterocycles. The van der Waals surface area contributed by atoms with Crippen LogP contribution in [0, 0.1) is 0 Å². The van der Waals surface area contributed by atoms with Crippen molar-refractivity contribution in [2.24, 2.45) is 0 Å². The van der Waals surface area contributed by atoms with Crippen LogP contribution in [0.5, 0.6) is 0 Å². The lowest BCUT2D eigenvalue weighted by molar-refractivity contribution is -0.149. The van der Waals surface area contributed by atoms with Crippen LogP contribution in [0.3, 0.4) is 0 Å². The smallest absolute Gasteiger partial charge is 0.322 e. The molecule has 6 nitrogen and oxygen atoms in total. The van der Waals surface area contributed by atoms with Crippen LogP contribution < -0.4 is 16.0 Å². The number of carbonyl (C=O) groups excluding carboxylic acids is 2. The summed E-state index contributed by atoms with van der Waals surface area (Å²) in [5.41, 5.74) is -1.34. The summed E-state index contributed by atoms with van der Waals surface area (Å²) in [7, 11) is 1.62. The van der Waals surface area contributed by atoms with Gasteiger partial charge < -0.3 is 10.6 Å². The first-order valence-corrected chi connectivity index (χ1v) is 5.73. The van der Waals surface area contributed by atoms with E-state index in [0.717, 1.165) is 4.90 Å². The molecule has 1 rings (SSSR count). The molecule has 0 radical (unpaired) electrons. The standard InChI is InChI=1S/C10H17F3N4O2/c1-9(7(18)15-8(19)16-9)5-17(4-3-14-2)6-10(11,12)13/h14H,3-6H2,1-2H3,(H2,15,16,18,19). The number of nitrogens with zero attached hydrogens (tertiary/aromatic N) is 1. The van der Waals surface area contributed by atoms with Gasteiger partial charge >= 0.3 is 12.2 Å². The summed E-state index contributed by atoms with van der Waals surface area (Å²) in [4.78, 5) is 23.7. The zero-order chi connectivity index (χ0) is 14.7. The third-order valence-electron chi connectivity index (χ3n) is 2.74. The lowest BCUT2D eigenvalue weighted by Crippen LogP contribution is -2.55. The summed E-state index contributed by atoms with van der Waals surface area (Å²) in [5, 5.41) is 7.11. The van der Waals surface area contributed by atoms with Gasteiger partial charge in [0.1, 0.15) is 5.54 Å². The molecular formula is C10H17F3N4O2. The number of halogens is 3. The molecule has 1 atom stereocenters. The van der Waals surface area contributed by atoms with Crippen LogP contribution in [0.25, 0.3) is 0 Å². The molecule has 1 heterocycles. The highest BCUT2D eigenvalue weighted by molar-refractivity contribution is 6.06. The van der Waals surface area contributed by atoms with Crippen LogP contribution >= 0.6 is 0 Å². The van der Waals surface area contributed by atoms with Gasteiger partial charge in [-0.2, -0.15) is 13.2 Å². The van der Waals surface area contributed by atoms with Gasteiger partial charge in [0.2, 0.25) is 0 Å². The summed E-state index contributed by atoms with van der Waals surface area (Å²) in [5.74, 6) is -0.617. The molecule has 0 aliphatic carbocycles. The Bertz CT molecular complexity index is 361. The molecule has 1 unspecified atom stereocenters. The van der Waals surface area contributed by atoms with Crippen molar-refractivity contribution >= 4 is 11.9 Å². The van der Waals surface area contributed by atoms with Gasteiger partial charge in [0.15, 0.2) is 0 Å². The van der Waals surface area contributed by atoms with Crippen LogP contribution in [0.1, 0.15) is 6.92 Å². The minimum atomic E-state index is -4.36. The number of alkyl halides is 3. The number of urea groups is 1. The minimum Gasteiger partial charge on any atom is -0.322 e. The predicted octanol–water partition coefficient (Wildman–Crippen LogP) is -0.332. The second-order valence-corrected chi connectivity index (χ2v) is 4.67. The van der Waals surface area contributed by atoms with E-state index in [1.54, 1.807) is 7.05 Å². The van der Waals surface area contributed by atoms with Crippen LogP contribution in [-0.2, 0) is 4.79 Å². The molecule has 0 aromatic heterocycles. The minimum absolute atomic E-state index is 0.120. The molecule has 3 N–H and O–H groups in total. The second kappa shape index (κ2) is 5.74. The largest absolute Gasteiger partial charge is 0.401 e. The van der Waals surface area contributed by atoms with Crippen LogP contribution in [0.2, 0.25) is 0 Å². The number of carbonyl (C=O) groups is 2. The van der Waals surface area contributed by atoms with Crippen LogP contribution in [-0.4, -0.2) is 61.8 Å². The fourth-order valence-electron chi connectivity index (χ4n) is 1.88. The van der Waals surface area contributed by atoms with Crippen molar-refractivity contribution in [3.63, 3.8) is 0 Å². The SMILES string of the molecule is CNCCN(CC(F)(F)F)CC1(C)NC(=O)NC1=O. The molecule has 110 valence electrons. The molecule has 19 heavy (non-hydrogen) atoms. The van der Waals surface area contributed by atoms with E-state index in [2.05, 4.69) is 10.6 Å². The zero-order valence-electron chi connectivity index (χ0n) is 10.7. The Labute approximate surface area is 108 Å². The van der Waals surface area contributed by atoms with Crippen LogP contribution in [0.4, 0.5) is 18.0 Å². The zero-order valence-corrected chi connectivity index (χ0v) is 10.7. The maximum atomic E-state index is 12.5. The topological polar surface area (TPSA) is 73.5 Å². The molecule has 1 fully saturated rings. The van der Waals surface area contributed by atoms with Gasteiger partial charge in [-0.15, -0.1) is 0 Å². The van der Waals surface area contributed by atoms with E-state index in [9.17, 15) is 22.8 Å². The van der Waals surface area contributed by atoms with Crippen molar-refractivity contribution in [1.82, 2.24) is 20.9 Å². The number of likely N-dealkylation sites (N-methyl/N-ethyl adjacent to an activating group) is 1. The predicted molar refractivity (Wildman–Crippen MR) is 61.5 cm³/mol. The number of nitrogens with one attached hydrogen (secondary N) is 3. The number of rotatable bonds is 6. The van der Waals surface area contributed by atoms with Gasteiger partial charge in [-0.25, -0.2) is 4.79 Å². The van der Waals surface area contributed by atoms with E-state index in [4.69, 9.17) is 0 Å². The number of amides is 3. The quantitative estimate of drug-likeness (QED) is 0.583. The van der Waals surface area contributed by atoms with E-state index in [1.807, 2.05) is 5.32 Å². The highest BCUT2D eigenvalue weighted by Gasteiger charge is 2.44. The first-order valence-electron chi connectivity index (χ1n) is 5.73. The van der Waals surface area contributed by atoms with E-state index < -0.39 is 30.2 Å². The van der Waals surface area contributed by atoms with Gasteiger partial charge in [-0.05, 0) is 14.0 Å². The van der Waals surface area contributed by atoms with Gasteiger partial charge in [-0.1, -0.05) is 0 Å². The Morgan fingerprint density at radius 2 is 2.00 bits per heavy atom. The molecule has 0 spiro atoms. The first-order chi connectivity index (χ1) is 8.66. The maximum absolute atomic E-state index is 12.5. The fourth-order valence-corrected chi connectivity index (χ4v) is 1.88. The Balaban J connectivity index is 2.70. The highest BCUT2D eigenvalue weighted by atomic mass is 19.4. The second-order valence-electron chi connectivity index (χ2n) is 4.67. The number of imide groups is 1. The summed E-state index contributed by atoms with van der Waals surface area (Å²) < 4.78 is 37.4. The lowest BCUT2D eigenvalue weighted by atomic mass is 10.0. The number of hydrogen-bond acceptors (Lipinski definition) is 4. The Kier molecular flexibility index (Phi) is 4.75. The van der Waals surface area contributed by atoms with E-state index in [0.29, 0.717) is 6.54 Å². The van der Waals surface area contributed by atoms with E-state index >= 15 is 0 Å². The summed E-state index contributed by atoms with van der Waals surface area (Å²) >= 11 is 0. The van der Waals surface area contributed by atoms with Crippen molar-refractivity contribution in [2.75, 3.05) is 33.2 Å².